The Morgan fingerprint density at radius 2 is 2.24 bits per heavy atom. The minimum atomic E-state index is -0.382. The lowest BCUT2D eigenvalue weighted by molar-refractivity contribution is 0.378. The molecule has 0 amide bonds. The largest absolute Gasteiger partial charge is 0.339 e. The van der Waals surface area contributed by atoms with Gasteiger partial charge in [-0.15, -0.1) is 0 Å². The summed E-state index contributed by atoms with van der Waals surface area (Å²) in [6.45, 7) is 0. The molecule has 0 saturated heterocycles. The smallest absolute Gasteiger partial charge is 0.231 e. The molecule has 3 rings (SSSR count). The van der Waals surface area contributed by atoms with Crippen LogP contribution in [0.2, 0.25) is 0 Å². The Kier molecular flexibility index (Phi) is 2.15. The maximum Gasteiger partial charge on any atom is 0.231 e. The van der Waals surface area contributed by atoms with E-state index in [9.17, 15) is 4.39 Å². The zero-order valence-electron chi connectivity index (χ0n) is 8.80. The van der Waals surface area contributed by atoms with Crippen molar-refractivity contribution < 1.29 is 8.91 Å². The Morgan fingerprint density at radius 3 is 2.94 bits per heavy atom. The van der Waals surface area contributed by atoms with E-state index in [1.807, 2.05) is 0 Å². The average molecular weight is 229 g/mol. The van der Waals surface area contributed by atoms with E-state index in [0.717, 1.165) is 6.42 Å². The van der Waals surface area contributed by atoms with Crippen LogP contribution >= 0.6 is 0 Å². The predicted octanol–water partition coefficient (Wildman–Crippen LogP) is 2.50. The molecule has 2 unspecified atom stereocenters. The highest BCUT2D eigenvalue weighted by Crippen LogP contribution is 2.46. The lowest BCUT2D eigenvalue weighted by Crippen LogP contribution is -1.86. The van der Waals surface area contributed by atoms with E-state index in [-0.39, 0.29) is 23.5 Å². The SMILES string of the molecule is N#CC1CC1c1nc(-c2ccccc2F)no1. The van der Waals surface area contributed by atoms with Crippen molar-refractivity contribution >= 4 is 0 Å². The molecule has 0 radical (unpaired) electrons. The van der Waals surface area contributed by atoms with Crippen molar-refractivity contribution in [2.45, 2.75) is 12.3 Å². The van der Waals surface area contributed by atoms with Crippen molar-refractivity contribution in [2.75, 3.05) is 0 Å². The molecule has 1 saturated carbocycles. The van der Waals surface area contributed by atoms with Gasteiger partial charge in [0.15, 0.2) is 0 Å². The van der Waals surface area contributed by atoms with E-state index in [0.29, 0.717) is 11.5 Å². The van der Waals surface area contributed by atoms with Crippen LogP contribution < -0.4 is 0 Å². The van der Waals surface area contributed by atoms with Gasteiger partial charge in [0.05, 0.1) is 23.5 Å². The summed E-state index contributed by atoms with van der Waals surface area (Å²) in [4.78, 5) is 4.13. The van der Waals surface area contributed by atoms with Gasteiger partial charge in [0.25, 0.3) is 0 Å². The summed E-state index contributed by atoms with van der Waals surface area (Å²) in [6, 6.07) is 8.41. The molecule has 2 atom stereocenters. The summed E-state index contributed by atoms with van der Waals surface area (Å²) in [7, 11) is 0. The standard InChI is InChI=1S/C12H8FN3O/c13-10-4-2-1-3-8(10)11-15-12(17-16-11)9-5-7(9)6-14/h1-4,7,9H,5H2. The number of aromatic nitrogens is 2. The van der Waals surface area contributed by atoms with Gasteiger partial charge in [0, 0.05) is 0 Å². The van der Waals surface area contributed by atoms with Gasteiger partial charge in [0.2, 0.25) is 11.7 Å². The Hall–Kier alpha value is -2.22. The summed E-state index contributed by atoms with van der Waals surface area (Å²) >= 11 is 0. The quantitative estimate of drug-likeness (QED) is 0.793. The third kappa shape index (κ3) is 1.68. The van der Waals surface area contributed by atoms with Crippen LogP contribution in [0.1, 0.15) is 18.2 Å². The van der Waals surface area contributed by atoms with Crippen LogP contribution in [0.4, 0.5) is 4.39 Å². The second-order valence-electron chi connectivity index (χ2n) is 4.01. The highest BCUT2D eigenvalue weighted by molar-refractivity contribution is 5.54. The van der Waals surface area contributed by atoms with Crippen LogP contribution in [-0.2, 0) is 0 Å². The number of nitrogens with zero attached hydrogens (tertiary/aromatic N) is 3. The van der Waals surface area contributed by atoms with E-state index in [1.165, 1.54) is 6.07 Å². The van der Waals surface area contributed by atoms with Gasteiger partial charge in [-0.05, 0) is 18.6 Å². The molecule has 0 bridgehead atoms. The molecule has 1 aromatic heterocycles. The average Bonchev–Trinajstić information content (AvgIpc) is 2.99. The number of hydrogen-bond acceptors (Lipinski definition) is 4. The maximum absolute atomic E-state index is 13.5. The second kappa shape index (κ2) is 3.67. The molecule has 1 heterocycles. The molecule has 0 N–H and O–H groups in total. The molecule has 84 valence electrons. The lowest BCUT2D eigenvalue weighted by Gasteiger charge is -1.94. The summed E-state index contributed by atoms with van der Waals surface area (Å²) in [5, 5.41) is 12.4. The molecule has 1 fully saturated rings. The molecule has 4 nitrogen and oxygen atoms in total. The summed E-state index contributed by atoms with van der Waals surface area (Å²) in [5.74, 6) is 0.265. The van der Waals surface area contributed by atoms with Crippen LogP contribution in [0.25, 0.3) is 11.4 Å². The molecule has 0 aliphatic heterocycles. The van der Waals surface area contributed by atoms with Gasteiger partial charge in [-0.25, -0.2) is 4.39 Å². The Labute approximate surface area is 96.7 Å². The number of rotatable bonds is 2. The molecule has 0 spiro atoms. The van der Waals surface area contributed by atoms with Crippen LogP contribution in [0.5, 0.6) is 0 Å². The summed E-state index contributed by atoms with van der Waals surface area (Å²) in [5.41, 5.74) is 0.316. The van der Waals surface area contributed by atoms with E-state index < -0.39 is 0 Å². The topological polar surface area (TPSA) is 62.7 Å². The second-order valence-corrected chi connectivity index (χ2v) is 4.01. The Morgan fingerprint density at radius 1 is 1.41 bits per heavy atom. The zero-order valence-corrected chi connectivity index (χ0v) is 8.80. The molecule has 2 aromatic rings. The van der Waals surface area contributed by atoms with Crippen molar-refractivity contribution in [3.05, 3.63) is 36.0 Å². The van der Waals surface area contributed by atoms with Gasteiger partial charge in [-0.3, -0.25) is 0 Å². The molecule has 1 aromatic carbocycles. The predicted molar refractivity (Wildman–Crippen MR) is 56.2 cm³/mol. The van der Waals surface area contributed by atoms with Gasteiger partial charge >= 0.3 is 0 Å². The normalized spacial score (nSPS) is 22.1. The molecular formula is C12H8FN3O. The number of halogens is 1. The fourth-order valence-electron chi connectivity index (χ4n) is 1.75. The zero-order chi connectivity index (χ0) is 11.8. The summed E-state index contributed by atoms with van der Waals surface area (Å²) in [6.07, 6.45) is 0.745. The number of benzene rings is 1. The van der Waals surface area contributed by atoms with Gasteiger partial charge in [0.1, 0.15) is 5.82 Å². The van der Waals surface area contributed by atoms with Gasteiger partial charge in [-0.1, -0.05) is 17.3 Å². The van der Waals surface area contributed by atoms with Crippen LogP contribution in [0, 0.1) is 23.1 Å². The molecular weight excluding hydrogens is 221 g/mol. The number of nitriles is 1. The first-order valence-corrected chi connectivity index (χ1v) is 5.27. The highest BCUT2D eigenvalue weighted by Gasteiger charge is 2.43. The van der Waals surface area contributed by atoms with Gasteiger partial charge in [-0.2, -0.15) is 10.2 Å². The van der Waals surface area contributed by atoms with E-state index in [4.69, 9.17) is 9.78 Å². The first-order chi connectivity index (χ1) is 8.29. The van der Waals surface area contributed by atoms with E-state index >= 15 is 0 Å². The van der Waals surface area contributed by atoms with Crippen molar-refractivity contribution in [3.63, 3.8) is 0 Å². The molecule has 17 heavy (non-hydrogen) atoms. The highest BCUT2D eigenvalue weighted by atomic mass is 19.1. The third-order valence-corrected chi connectivity index (χ3v) is 2.83. The summed E-state index contributed by atoms with van der Waals surface area (Å²) < 4.78 is 18.5. The van der Waals surface area contributed by atoms with Crippen LogP contribution in [0.15, 0.2) is 28.8 Å². The first-order valence-electron chi connectivity index (χ1n) is 5.27. The van der Waals surface area contributed by atoms with Crippen molar-refractivity contribution in [1.82, 2.24) is 10.1 Å². The van der Waals surface area contributed by atoms with E-state index in [2.05, 4.69) is 16.2 Å². The Balaban J connectivity index is 1.92. The minimum absolute atomic E-state index is 0.0213. The first kappa shape index (κ1) is 9.97. The lowest BCUT2D eigenvalue weighted by atomic mass is 10.2. The fourth-order valence-corrected chi connectivity index (χ4v) is 1.75. The molecule has 5 heteroatoms. The van der Waals surface area contributed by atoms with Gasteiger partial charge < -0.3 is 4.52 Å². The van der Waals surface area contributed by atoms with Crippen molar-refractivity contribution in [2.24, 2.45) is 5.92 Å². The number of hydrogen-bond donors (Lipinski definition) is 0. The minimum Gasteiger partial charge on any atom is -0.339 e. The van der Waals surface area contributed by atoms with E-state index in [1.54, 1.807) is 18.2 Å². The monoisotopic (exact) mass is 229 g/mol. The molecule has 1 aliphatic rings. The third-order valence-electron chi connectivity index (χ3n) is 2.83. The van der Waals surface area contributed by atoms with Crippen molar-refractivity contribution in [1.29, 1.82) is 5.26 Å². The van der Waals surface area contributed by atoms with Crippen LogP contribution in [0.3, 0.4) is 0 Å². The van der Waals surface area contributed by atoms with Crippen LogP contribution in [-0.4, -0.2) is 10.1 Å². The fraction of sp³-hybridized carbons (Fsp3) is 0.250. The van der Waals surface area contributed by atoms with Crippen molar-refractivity contribution in [3.8, 4) is 17.5 Å². The molecule has 1 aliphatic carbocycles. The maximum atomic E-state index is 13.5. The Bertz CT molecular complexity index is 602.